The lowest BCUT2D eigenvalue weighted by Crippen LogP contribution is -2.39. The number of aryl methyl sites for hydroxylation is 1. The Morgan fingerprint density at radius 1 is 1.59 bits per heavy atom. The first-order chi connectivity index (χ1) is 7.69. The number of aromatic nitrogens is 2. The number of methoxy groups -OCH3 is 1. The molecule has 0 amide bonds. The van der Waals surface area contributed by atoms with E-state index in [0.29, 0.717) is 0 Å². The predicted octanol–water partition coefficient (Wildman–Crippen LogP) is 0.777. The second kappa shape index (κ2) is 4.93. The van der Waals surface area contributed by atoms with Crippen molar-refractivity contribution in [1.29, 1.82) is 0 Å². The smallest absolute Gasteiger partial charge is 0.261 e. The third kappa shape index (κ3) is 3.41. The number of imidazole rings is 1. The molecule has 1 aromatic rings. The molecule has 0 saturated heterocycles. The van der Waals surface area contributed by atoms with Crippen molar-refractivity contribution < 1.29 is 13.2 Å². The van der Waals surface area contributed by atoms with Crippen LogP contribution in [-0.2, 0) is 21.8 Å². The molecule has 1 rings (SSSR count). The average molecular weight is 282 g/mol. The van der Waals surface area contributed by atoms with Gasteiger partial charge in [-0.2, -0.15) is 0 Å². The Balaban J connectivity index is 2.87. The van der Waals surface area contributed by atoms with Crippen LogP contribution in [0.4, 0.5) is 0 Å². The van der Waals surface area contributed by atoms with Gasteiger partial charge in [0.2, 0.25) is 5.03 Å². The summed E-state index contributed by atoms with van der Waals surface area (Å²) >= 11 is 5.83. The maximum Gasteiger partial charge on any atom is 0.261 e. The molecule has 0 aliphatic carbocycles. The predicted molar refractivity (Wildman–Crippen MR) is 64.5 cm³/mol. The molecule has 0 atom stereocenters. The van der Waals surface area contributed by atoms with Gasteiger partial charge in [0.1, 0.15) is 5.15 Å². The highest BCUT2D eigenvalue weighted by molar-refractivity contribution is 7.89. The van der Waals surface area contributed by atoms with Crippen LogP contribution in [0, 0.1) is 0 Å². The second-order valence-electron chi connectivity index (χ2n) is 4.24. The number of sulfonamides is 1. The number of ether oxygens (including phenoxy) is 1. The molecule has 0 bridgehead atoms. The summed E-state index contributed by atoms with van der Waals surface area (Å²) in [5.41, 5.74) is -0.589. The van der Waals surface area contributed by atoms with Crippen molar-refractivity contribution in [2.45, 2.75) is 24.5 Å². The third-order valence-corrected chi connectivity index (χ3v) is 4.22. The van der Waals surface area contributed by atoms with Crippen LogP contribution in [-0.4, -0.2) is 37.2 Å². The molecule has 1 aromatic heterocycles. The van der Waals surface area contributed by atoms with Crippen LogP contribution in [0.15, 0.2) is 11.4 Å². The first-order valence-corrected chi connectivity index (χ1v) is 6.77. The number of rotatable bonds is 5. The van der Waals surface area contributed by atoms with E-state index in [9.17, 15) is 8.42 Å². The number of hydrogen-bond acceptors (Lipinski definition) is 4. The van der Waals surface area contributed by atoms with Gasteiger partial charge in [0.15, 0.2) is 0 Å². The zero-order valence-corrected chi connectivity index (χ0v) is 11.8. The fourth-order valence-corrected chi connectivity index (χ4v) is 2.61. The van der Waals surface area contributed by atoms with E-state index in [-0.39, 0.29) is 16.7 Å². The van der Waals surface area contributed by atoms with Gasteiger partial charge in [-0.15, -0.1) is 0 Å². The highest BCUT2D eigenvalue weighted by Gasteiger charge is 2.25. The lowest BCUT2D eigenvalue weighted by molar-refractivity contribution is 0.0276. The fraction of sp³-hybridized carbons (Fsp3) is 0.667. The van der Waals surface area contributed by atoms with Gasteiger partial charge < -0.3 is 9.30 Å². The minimum absolute atomic E-state index is 0.0766. The van der Waals surface area contributed by atoms with Gasteiger partial charge in [0.05, 0.1) is 11.9 Å². The van der Waals surface area contributed by atoms with Gasteiger partial charge in [0.25, 0.3) is 10.0 Å². The van der Waals surface area contributed by atoms with Crippen LogP contribution in [0.3, 0.4) is 0 Å². The van der Waals surface area contributed by atoms with Crippen molar-refractivity contribution >= 4 is 21.6 Å². The molecule has 17 heavy (non-hydrogen) atoms. The van der Waals surface area contributed by atoms with Crippen LogP contribution in [0.25, 0.3) is 0 Å². The Bertz CT molecular complexity index is 496. The van der Waals surface area contributed by atoms with Gasteiger partial charge in [-0.3, -0.25) is 0 Å². The van der Waals surface area contributed by atoms with Crippen molar-refractivity contribution in [3.63, 3.8) is 0 Å². The van der Waals surface area contributed by atoms with E-state index in [1.807, 2.05) is 0 Å². The maximum absolute atomic E-state index is 11.9. The van der Waals surface area contributed by atoms with E-state index in [1.54, 1.807) is 20.9 Å². The van der Waals surface area contributed by atoms with Crippen molar-refractivity contribution in [2.75, 3.05) is 13.7 Å². The molecule has 0 aliphatic rings. The summed E-state index contributed by atoms with van der Waals surface area (Å²) in [5, 5.41) is -0.0960. The standard InChI is InChI=1S/C9H16ClN3O3S/c1-9(2,16-4)5-12-17(14,15)8-7(10)13(3)6-11-8/h6,12H,5H2,1-4H3. The summed E-state index contributed by atoms with van der Waals surface area (Å²) in [6.45, 7) is 3.68. The van der Waals surface area contributed by atoms with E-state index in [0.717, 1.165) is 0 Å². The molecule has 0 spiro atoms. The highest BCUT2D eigenvalue weighted by Crippen LogP contribution is 2.18. The van der Waals surface area contributed by atoms with Crippen LogP contribution in [0.5, 0.6) is 0 Å². The quantitative estimate of drug-likeness (QED) is 0.865. The molecule has 6 nitrogen and oxygen atoms in total. The normalized spacial score (nSPS) is 13.0. The molecule has 0 saturated carbocycles. The SMILES string of the molecule is COC(C)(C)CNS(=O)(=O)c1ncn(C)c1Cl. The molecule has 0 fully saturated rings. The first kappa shape index (κ1) is 14.4. The van der Waals surface area contributed by atoms with Crippen LogP contribution >= 0.6 is 11.6 Å². The number of hydrogen-bond donors (Lipinski definition) is 1. The van der Waals surface area contributed by atoms with E-state index in [4.69, 9.17) is 16.3 Å². The van der Waals surface area contributed by atoms with Gasteiger partial charge in [-0.25, -0.2) is 18.1 Å². The molecule has 0 aliphatic heterocycles. The zero-order valence-electron chi connectivity index (χ0n) is 10.2. The van der Waals surface area contributed by atoms with Crippen LogP contribution in [0.2, 0.25) is 5.15 Å². The van der Waals surface area contributed by atoms with E-state index in [1.165, 1.54) is 18.0 Å². The summed E-state index contributed by atoms with van der Waals surface area (Å²) < 4.78 is 32.8. The summed E-state index contributed by atoms with van der Waals surface area (Å²) in [6, 6.07) is 0. The lowest BCUT2D eigenvalue weighted by atomic mass is 10.1. The van der Waals surface area contributed by atoms with Crippen molar-refractivity contribution in [3.8, 4) is 0 Å². The Morgan fingerprint density at radius 2 is 2.18 bits per heavy atom. The van der Waals surface area contributed by atoms with E-state index >= 15 is 0 Å². The number of nitrogens with zero attached hydrogens (tertiary/aromatic N) is 2. The molecular weight excluding hydrogens is 266 g/mol. The molecule has 8 heteroatoms. The van der Waals surface area contributed by atoms with Gasteiger partial charge in [-0.1, -0.05) is 11.6 Å². The van der Waals surface area contributed by atoms with Crippen LogP contribution in [0.1, 0.15) is 13.8 Å². The minimum Gasteiger partial charge on any atom is -0.377 e. The van der Waals surface area contributed by atoms with Crippen LogP contribution < -0.4 is 4.72 Å². The maximum atomic E-state index is 11.9. The summed E-state index contributed by atoms with van der Waals surface area (Å²) in [5.74, 6) is 0. The van der Waals surface area contributed by atoms with E-state index in [2.05, 4.69) is 9.71 Å². The molecule has 0 unspecified atom stereocenters. The van der Waals surface area contributed by atoms with Gasteiger partial charge >= 0.3 is 0 Å². The Labute approximate surface area is 106 Å². The molecule has 0 aromatic carbocycles. The monoisotopic (exact) mass is 281 g/mol. The summed E-state index contributed by atoms with van der Waals surface area (Å²) in [4.78, 5) is 3.75. The third-order valence-electron chi connectivity index (χ3n) is 2.33. The van der Waals surface area contributed by atoms with E-state index < -0.39 is 15.6 Å². The van der Waals surface area contributed by atoms with Crippen molar-refractivity contribution in [2.24, 2.45) is 7.05 Å². The largest absolute Gasteiger partial charge is 0.377 e. The molecule has 1 N–H and O–H groups in total. The molecular formula is C9H16ClN3O3S. The number of halogens is 1. The first-order valence-electron chi connectivity index (χ1n) is 4.91. The minimum atomic E-state index is -3.71. The van der Waals surface area contributed by atoms with Crippen molar-refractivity contribution in [3.05, 3.63) is 11.5 Å². The zero-order chi connectivity index (χ0) is 13.3. The summed E-state index contributed by atoms with van der Waals surface area (Å²) in [6.07, 6.45) is 1.35. The molecule has 98 valence electrons. The molecule has 0 radical (unpaired) electrons. The van der Waals surface area contributed by atoms with Gasteiger partial charge in [0, 0.05) is 20.7 Å². The highest BCUT2D eigenvalue weighted by atomic mass is 35.5. The summed E-state index contributed by atoms with van der Waals surface area (Å²) in [7, 11) is -0.573. The molecule has 1 heterocycles. The lowest BCUT2D eigenvalue weighted by Gasteiger charge is -2.22. The van der Waals surface area contributed by atoms with Crippen molar-refractivity contribution in [1.82, 2.24) is 14.3 Å². The Kier molecular flexibility index (Phi) is 4.19. The Morgan fingerprint density at radius 3 is 2.59 bits per heavy atom. The second-order valence-corrected chi connectivity index (χ2v) is 6.28. The fourth-order valence-electron chi connectivity index (χ4n) is 0.983. The number of nitrogens with one attached hydrogen (secondary N) is 1. The average Bonchev–Trinajstić information content (AvgIpc) is 2.58. The van der Waals surface area contributed by atoms with Gasteiger partial charge in [-0.05, 0) is 13.8 Å². The Hall–Kier alpha value is -0.630. The topological polar surface area (TPSA) is 73.2 Å².